The molecule has 0 aliphatic heterocycles. The monoisotopic (exact) mass is 437 g/mol. The molecule has 6 rings (SSSR count). The second-order valence-corrected chi connectivity index (χ2v) is 7.99. The van der Waals surface area contributed by atoms with E-state index in [2.05, 4.69) is 4.98 Å². The lowest BCUT2D eigenvalue weighted by atomic mass is 10.1. The molecule has 2 heterocycles. The van der Waals surface area contributed by atoms with Crippen molar-refractivity contribution >= 4 is 28.3 Å². The maximum absolute atomic E-state index is 13.3. The number of carbonyl (C=O) groups is 1. The van der Waals surface area contributed by atoms with Crippen molar-refractivity contribution < 1.29 is 9.53 Å². The fourth-order valence-electron chi connectivity index (χ4n) is 4.21. The van der Waals surface area contributed by atoms with Gasteiger partial charge < -0.3 is 4.74 Å². The minimum Gasteiger partial charge on any atom is -0.487 e. The summed E-state index contributed by atoms with van der Waals surface area (Å²) in [5.74, 6) is 0.692. The van der Waals surface area contributed by atoms with Crippen LogP contribution in [0.3, 0.4) is 0 Å². The van der Waals surface area contributed by atoms with E-state index in [-0.39, 0.29) is 12.4 Å². The standard InChI is InChI=1S/C26H16ClN3O2/c27-16-10-11-20-21(14-16)28-13-12-23(20)30-25-18-8-4-5-9-19(18)26(31)24(25)22(29-30)15-32-17-6-2-1-3-7-17/h1-14H,15H2. The average Bonchev–Trinajstić information content (AvgIpc) is 3.34. The van der Waals surface area contributed by atoms with E-state index in [1.165, 1.54) is 0 Å². The molecule has 0 atom stereocenters. The van der Waals surface area contributed by atoms with Crippen molar-refractivity contribution in [1.82, 2.24) is 14.8 Å². The number of ether oxygens (including phenoxy) is 1. The van der Waals surface area contributed by atoms with Gasteiger partial charge in [0.2, 0.25) is 0 Å². The molecule has 5 nitrogen and oxygen atoms in total. The Hall–Kier alpha value is -3.96. The number of para-hydroxylation sites is 1. The average molecular weight is 438 g/mol. The molecule has 1 aliphatic rings. The molecule has 0 spiro atoms. The highest BCUT2D eigenvalue weighted by molar-refractivity contribution is 6.31. The molecule has 5 aromatic rings. The molecule has 6 heteroatoms. The molecule has 0 saturated heterocycles. The summed E-state index contributed by atoms with van der Waals surface area (Å²) >= 11 is 6.18. The number of fused-ring (bicyclic) bond motifs is 4. The Morgan fingerprint density at radius 2 is 1.69 bits per heavy atom. The van der Waals surface area contributed by atoms with Gasteiger partial charge in [0.25, 0.3) is 0 Å². The second kappa shape index (κ2) is 7.32. The molecule has 32 heavy (non-hydrogen) atoms. The van der Waals surface area contributed by atoms with Crippen molar-refractivity contribution in [2.45, 2.75) is 6.61 Å². The van der Waals surface area contributed by atoms with Gasteiger partial charge in [0, 0.05) is 27.7 Å². The van der Waals surface area contributed by atoms with E-state index in [1.807, 2.05) is 83.5 Å². The maximum atomic E-state index is 13.3. The largest absolute Gasteiger partial charge is 0.487 e. The van der Waals surface area contributed by atoms with Gasteiger partial charge in [-0.3, -0.25) is 9.78 Å². The first kappa shape index (κ1) is 18.8. The number of ketones is 1. The molecular weight excluding hydrogens is 422 g/mol. The molecule has 0 radical (unpaired) electrons. The smallest absolute Gasteiger partial charge is 0.197 e. The molecule has 0 saturated carbocycles. The van der Waals surface area contributed by atoms with Crippen LogP contribution in [0.1, 0.15) is 21.6 Å². The highest BCUT2D eigenvalue weighted by Gasteiger charge is 2.35. The first-order valence-corrected chi connectivity index (χ1v) is 10.6. The lowest BCUT2D eigenvalue weighted by Crippen LogP contribution is -2.05. The van der Waals surface area contributed by atoms with Crippen LogP contribution < -0.4 is 4.74 Å². The van der Waals surface area contributed by atoms with Crippen LogP contribution in [-0.4, -0.2) is 20.5 Å². The minimum absolute atomic E-state index is 0.0325. The maximum Gasteiger partial charge on any atom is 0.197 e. The quantitative estimate of drug-likeness (QED) is 0.346. The van der Waals surface area contributed by atoms with E-state index in [4.69, 9.17) is 21.4 Å². The third-order valence-corrected chi connectivity index (χ3v) is 5.88. The zero-order chi connectivity index (χ0) is 21.7. The van der Waals surface area contributed by atoms with Crippen LogP contribution in [-0.2, 0) is 6.61 Å². The van der Waals surface area contributed by atoms with Crippen molar-refractivity contribution in [1.29, 1.82) is 0 Å². The van der Waals surface area contributed by atoms with Crippen molar-refractivity contribution in [2.75, 3.05) is 0 Å². The summed E-state index contributed by atoms with van der Waals surface area (Å²) in [5.41, 5.74) is 5.10. The van der Waals surface area contributed by atoms with Crippen LogP contribution in [0.5, 0.6) is 5.75 Å². The van der Waals surface area contributed by atoms with E-state index in [9.17, 15) is 4.79 Å². The molecule has 0 fully saturated rings. The third kappa shape index (κ3) is 2.90. The molecule has 0 bridgehead atoms. The lowest BCUT2D eigenvalue weighted by Gasteiger charge is -2.10. The summed E-state index contributed by atoms with van der Waals surface area (Å²) in [7, 11) is 0. The van der Waals surface area contributed by atoms with Crippen LogP contribution >= 0.6 is 11.6 Å². The van der Waals surface area contributed by atoms with Gasteiger partial charge in [0.1, 0.15) is 18.1 Å². The Kier molecular flexibility index (Phi) is 4.30. The SMILES string of the molecule is O=C1c2ccccc2-c2c1c(COc1ccccc1)nn2-c1ccnc2cc(Cl)ccc12. The van der Waals surface area contributed by atoms with Gasteiger partial charge in [-0.1, -0.05) is 54.1 Å². The fourth-order valence-corrected chi connectivity index (χ4v) is 4.37. The zero-order valence-corrected chi connectivity index (χ0v) is 17.6. The van der Waals surface area contributed by atoms with Gasteiger partial charge >= 0.3 is 0 Å². The summed E-state index contributed by atoms with van der Waals surface area (Å²) in [6, 6.07) is 24.6. The van der Waals surface area contributed by atoms with Gasteiger partial charge in [-0.15, -0.1) is 0 Å². The van der Waals surface area contributed by atoms with E-state index in [0.717, 1.165) is 33.6 Å². The van der Waals surface area contributed by atoms with E-state index < -0.39 is 0 Å². The number of hydrogen-bond acceptors (Lipinski definition) is 4. The van der Waals surface area contributed by atoms with Crippen molar-refractivity contribution in [3.05, 3.63) is 107 Å². The number of carbonyl (C=O) groups excluding carboxylic acids is 1. The Bertz CT molecular complexity index is 1510. The predicted octanol–water partition coefficient (Wildman–Crippen LogP) is 5.86. The van der Waals surface area contributed by atoms with E-state index in [0.29, 0.717) is 21.8 Å². The highest BCUT2D eigenvalue weighted by Crippen LogP contribution is 2.40. The van der Waals surface area contributed by atoms with Crippen molar-refractivity contribution in [3.63, 3.8) is 0 Å². The number of nitrogens with zero attached hydrogens (tertiary/aromatic N) is 3. The molecule has 154 valence electrons. The van der Waals surface area contributed by atoms with E-state index >= 15 is 0 Å². The summed E-state index contributed by atoms with van der Waals surface area (Å²) in [6.07, 6.45) is 1.73. The Labute approximate surface area is 188 Å². The summed E-state index contributed by atoms with van der Waals surface area (Å²) < 4.78 is 7.79. The minimum atomic E-state index is -0.0325. The van der Waals surface area contributed by atoms with Crippen molar-refractivity contribution in [3.8, 4) is 22.7 Å². The number of rotatable bonds is 4. The highest BCUT2D eigenvalue weighted by atomic mass is 35.5. The molecule has 0 N–H and O–H groups in total. The van der Waals surface area contributed by atoms with Gasteiger partial charge in [-0.25, -0.2) is 4.68 Å². The van der Waals surface area contributed by atoms with Crippen LogP contribution in [0.25, 0.3) is 27.8 Å². The summed E-state index contributed by atoms with van der Waals surface area (Å²) in [6.45, 7) is 0.188. The van der Waals surface area contributed by atoms with Gasteiger partial charge in [-0.2, -0.15) is 5.10 Å². The Balaban J connectivity index is 1.56. The Morgan fingerprint density at radius 1 is 0.906 bits per heavy atom. The number of aromatic nitrogens is 3. The normalized spacial score (nSPS) is 12.1. The van der Waals surface area contributed by atoms with Crippen LogP contribution in [0.15, 0.2) is 85.1 Å². The first-order valence-electron chi connectivity index (χ1n) is 10.2. The molecule has 0 unspecified atom stereocenters. The zero-order valence-electron chi connectivity index (χ0n) is 16.8. The van der Waals surface area contributed by atoms with E-state index in [1.54, 1.807) is 6.20 Å². The number of halogens is 1. The van der Waals surface area contributed by atoms with Crippen LogP contribution in [0.4, 0.5) is 0 Å². The summed E-state index contributed by atoms with van der Waals surface area (Å²) in [5, 5.41) is 6.36. The lowest BCUT2D eigenvalue weighted by molar-refractivity contribution is 0.104. The van der Waals surface area contributed by atoms with Gasteiger partial charge in [0.15, 0.2) is 5.78 Å². The van der Waals surface area contributed by atoms with Crippen LogP contribution in [0, 0.1) is 0 Å². The van der Waals surface area contributed by atoms with Crippen LogP contribution in [0.2, 0.25) is 5.02 Å². The van der Waals surface area contributed by atoms with Gasteiger partial charge in [0.05, 0.1) is 22.5 Å². The number of hydrogen-bond donors (Lipinski definition) is 0. The molecule has 3 aromatic carbocycles. The fraction of sp³-hybridized carbons (Fsp3) is 0.0385. The van der Waals surface area contributed by atoms with Gasteiger partial charge in [-0.05, 0) is 36.4 Å². The molecule has 1 aliphatic carbocycles. The molecule has 2 aromatic heterocycles. The molecular formula is C26H16ClN3O2. The molecule has 0 amide bonds. The van der Waals surface area contributed by atoms with Crippen molar-refractivity contribution in [2.24, 2.45) is 0 Å². The second-order valence-electron chi connectivity index (χ2n) is 7.55. The first-order chi connectivity index (χ1) is 15.7. The number of benzene rings is 3. The number of pyridine rings is 1. The predicted molar refractivity (Wildman–Crippen MR) is 124 cm³/mol. The summed E-state index contributed by atoms with van der Waals surface area (Å²) in [4.78, 5) is 17.8. The third-order valence-electron chi connectivity index (χ3n) is 5.64. The Morgan fingerprint density at radius 3 is 2.53 bits per heavy atom. The topological polar surface area (TPSA) is 57.0 Å².